The zero-order chi connectivity index (χ0) is 32.7. The highest BCUT2D eigenvalue weighted by atomic mass is 19.4. The van der Waals surface area contributed by atoms with E-state index in [0.717, 1.165) is 12.0 Å². The van der Waals surface area contributed by atoms with Crippen LogP contribution in [0.3, 0.4) is 0 Å². The number of hydrogen-bond donors (Lipinski definition) is 0. The van der Waals surface area contributed by atoms with Gasteiger partial charge < -0.3 is 9.47 Å². The van der Waals surface area contributed by atoms with Gasteiger partial charge in [-0.05, 0) is 77.3 Å². The Balaban J connectivity index is 1.80. The third-order valence-electron chi connectivity index (χ3n) is 8.21. The number of cyclic esters (lactones) is 1. The van der Waals surface area contributed by atoms with Crippen molar-refractivity contribution in [2.45, 2.75) is 83.9 Å². The van der Waals surface area contributed by atoms with Gasteiger partial charge in [-0.25, -0.2) is 9.18 Å². The van der Waals surface area contributed by atoms with Crippen molar-refractivity contribution in [2.75, 3.05) is 7.11 Å². The van der Waals surface area contributed by atoms with E-state index in [0.29, 0.717) is 34.4 Å². The summed E-state index contributed by atoms with van der Waals surface area (Å²) in [7, 11) is 1.41. The number of methoxy groups -OCH3 is 1. The van der Waals surface area contributed by atoms with Crippen LogP contribution < -0.4 is 4.74 Å². The Hall–Kier alpha value is -3.76. The van der Waals surface area contributed by atoms with E-state index in [1.54, 1.807) is 6.07 Å². The molecule has 1 fully saturated rings. The van der Waals surface area contributed by atoms with Crippen LogP contribution in [0.1, 0.15) is 92.4 Å². The minimum absolute atomic E-state index is 0.0386. The van der Waals surface area contributed by atoms with Gasteiger partial charge in [0, 0.05) is 11.6 Å². The molecule has 3 unspecified atom stereocenters. The fourth-order valence-corrected chi connectivity index (χ4v) is 5.43. The Bertz CT molecular complexity index is 1500. The van der Waals surface area contributed by atoms with Crippen molar-refractivity contribution < 1.29 is 45.0 Å². The SMILES string of the molecule is CCC(C)c1ccc(-c2cc(C(C)C)c(F)cc2OC)c(CN2C(=O)OC(c3cc(C(F)(F)F)cc(C(F)(F)F)c3)C2C)c1. The van der Waals surface area contributed by atoms with Crippen molar-refractivity contribution >= 4 is 6.09 Å². The summed E-state index contributed by atoms with van der Waals surface area (Å²) in [6, 6.07) is 8.95. The molecule has 1 aliphatic heterocycles. The maximum Gasteiger partial charge on any atom is 0.416 e. The molecule has 0 bridgehead atoms. The van der Waals surface area contributed by atoms with Gasteiger partial charge in [-0.3, -0.25) is 4.90 Å². The monoisotopic (exact) mass is 625 g/mol. The van der Waals surface area contributed by atoms with Gasteiger partial charge in [-0.2, -0.15) is 26.3 Å². The fourth-order valence-electron chi connectivity index (χ4n) is 5.43. The second-order valence-corrected chi connectivity index (χ2v) is 11.5. The van der Waals surface area contributed by atoms with E-state index in [1.807, 2.05) is 45.9 Å². The molecule has 0 aliphatic carbocycles. The highest BCUT2D eigenvalue weighted by Crippen LogP contribution is 2.43. The Kier molecular flexibility index (Phi) is 9.28. The summed E-state index contributed by atoms with van der Waals surface area (Å²) in [5.74, 6) is -0.170. The smallest absolute Gasteiger partial charge is 0.416 e. The molecule has 1 saturated heterocycles. The van der Waals surface area contributed by atoms with Crippen LogP contribution in [-0.4, -0.2) is 24.1 Å². The number of rotatable bonds is 8. The van der Waals surface area contributed by atoms with Crippen molar-refractivity contribution in [1.29, 1.82) is 0 Å². The summed E-state index contributed by atoms with van der Waals surface area (Å²) in [4.78, 5) is 14.4. The highest BCUT2D eigenvalue weighted by molar-refractivity contribution is 5.76. The molecule has 0 aromatic heterocycles. The molecular weight excluding hydrogens is 591 g/mol. The molecule has 1 heterocycles. The van der Waals surface area contributed by atoms with E-state index >= 15 is 0 Å². The average Bonchev–Trinajstić information content (AvgIpc) is 3.23. The number of halogens is 7. The Morgan fingerprint density at radius 3 is 2.05 bits per heavy atom. The van der Waals surface area contributed by atoms with E-state index in [1.165, 1.54) is 25.0 Å². The molecule has 4 rings (SSSR count). The molecule has 3 aromatic carbocycles. The summed E-state index contributed by atoms with van der Waals surface area (Å²) < 4.78 is 107. The number of amides is 1. The first kappa shape index (κ1) is 33.1. The van der Waals surface area contributed by atoms with Crippen LogP contribution in [0.15, 0.2) is 48.5 Å². The topological polar surface area (TPSA) is 38.8 Å². The number of ether oxygens (including phenoxy) is 2. The molecule has 3 atom stereocenters. The normalized spacial score (nSPS) is 18.1. The maximum atomic E-state index is 14.8. The summed E-state index contributed by atoms with van der Waals surface area (Å²) in [6.07, 6.45) is -11.6. The van der Waals surface area contributed by atoms with Crippen molar-refractivity contribution in [3.05, 3.63) is 87.7 Å². The number of carbonyl (C=O) groups is 1. The number of hydrogen-bond acceptors (Lipinski definition) is 3. The average molecular weight is 626 g/mol. The van der Waals surface area contributed by atoms with Crippen molar-refractivity contribution in [3.8, 4) is 16.9 Å². The van der Waals surface area contributed by atoms with Crippen molar-refractivity contribution in [2.24, 2.45) is 0 Å². The van der Waals surface area contributed by atoms with Gasteiger partial charge in [0.1, 0.15) is 17.7 Å². The largest absolute Gasteiger partial charge is 0.496 e. The molecule has 0 radical (unpaired) electrons. The lowest BCUT2D eigenvalue weighted by Gasteiger charge is -2.25. The number of alkyl halides is 6. The van der Waals surface area contributed by atoms with Crippen LogP contribution in [0.4, 0.5) is 35.5 Å². The molecule has 0 N–H and O–H groups in total. The maximum absolute atomic E-state index is 14.8. The van der Waals surface area contributed by atoms with Crippen LogP contribution in [0.5, 0.6) is 5.75 Å². The zero-order valence-corrected chi connectivity index (χ0v) is 25.2. The molecule has 0 spiro atoms. The molecular formula is C33H34F7NO3. The van der Waals surface area contributed by atoms with Gasteiger partial charge >= 0.3 is 18.4 Å². The summed E-state index contributed by atoms with van der Waals surface area (Å²) >= 11 is 0. The molecule has 1 aliphatic rings. The van der Waals surface area contributed by atoms with Crippen LogP contribution >= 0.6 is 0 Å². The zero-order valence-electron chi connectivity index (χ0n) is 25.2. The predicted octanol–water partition coefficient (Wildman–Crippen LogP) is 10.3. The third-order valence-corrected chi connectivity index (χ3v) is 8.21. The lowest BCUT2D eigenvalue weighted by Crippen LogP contribution is -2.31. The van der Waals surface area contributed by atoms with Gasteiger partial charge in [-0.1, -0.05) is 45.9 Å². The Labute approximate surface area is 251 Å². The number of carbonyl (C=O) groups excluding carboxylic acids is 1. The molecule has 3 aromatic rings. The molecule has 44 heavy (non-hydrogen) atoms. The van der Waals surface area contributed by atoms with Crippen molar-refractivity contribution in [3.63, 3.8) is 0 Å². The van der Waals surface area contributed by atoms with E-state index < -0.39 is 53.1 Å². The summed E-state index contributed by atoms with van der Waals surface area (Å²) in [5, 5.41) is 0. The highest BCUT2D eigenvalue weighted by Gasteiger charge is 2.43. The molecule has 4 nitrogen and oxygen atoms in total. The Morgan fingerprint density at radius 1 is 0.909 bits per heavy atom. The molecule has 238 valence electrons. The minimum Gasteiger partial charge on any atom is -0.496 e. The van der Waals surface area contributed by atoms with Crippen LogP contribution in [0.2, 0.25) is 0 Å². The summed E-state index contributed by atoms with van der Waals surface area (Å²) in [6.45, 7) is 9.19. The quantitative estimate of drug-likeness (QED) is 0.234. The van der Waals surface area contributed by atoms with Crippen LogP contribution in [-0.2, 0) is 23.6 Å². The predicted molar refractivity (Wildman–Crippen MR) is 152 cm³/mol. The van der Waals surface area contributed by atoms with Gasteiger partial charge in [0.05, 0.1) is 30.8 Å². The van der Waals surface area contributed by atoms with Crippen molar-refractivity contribution in [1.82, 2.24) is 4.90 Å². The first-order chi connectivity index (χ1) is 20.5. The minimum atomic E-state index is -5.05. The third kappa shape index (κ3) is 6.66. The van der Waals surface area contributed by atoms with E-state index in [4.69, 9.17) is 9.47 Å². The lowest BCUT2D eigenvalue weighted by molar-refractivity contribution is -0.143. The van der Waals surface area contributed by atoms with E-state index in [2.05, 4.69) is 0 Å². The molecule has 11 heteroatoms. The van der Waals surface area contributed by atoms with E-state index in [9.17, 15) is 35.5 Å². The fraction of sp³-hybridized carbons (Fsp3) is 0.424. The molecule has 1 amide bonds. The van der Waals surface area contributed by atoms with Gasteiger partial charge in [0.15, 0.2) is 0 Å². The van der Waals surface area contributed by atoms with Gasteiger partial charge in [0.25, 0.3) is 0 Å². The standard InChI is InChI=1S/C33H34F7NO3/c1-7-18(4)20-8-9-25(27-14-26(17(2)3)28(34)15-29(27)43-6)22(10-20)16-41-19(5)30(44-31(41)42)21-11-23(32(35,36)37)13-24(12-21)33(38,39)40/h8-15,17-19,30H,7,16H2,1-6H3. The number of benzene rings is 3. The van der Waals surface area contributed by atoms with E-state index in [-0.39, 0.29) is 30.2 Å². The van der Waals surface area contributed by atoms with Gasteiger partial charge in [-0.15, -0.1) is 0 Å². The number of nitrogens with zero attached hydrogens (tertiary/aromatic N) is 1. The Morgan fingerprint density at radius 2 is 1.52 bits per heavy atom. The summed E-state index contributed by atoms with van der Waals surface area (Å²) in [5.41, 5.74) is -0.130. The molecule has 0 saturated carbocycles. The lowest BCUT2D eigenvalue weighted by atomic mass is 9.89. The first-order valence-electron chi connectivity index (χ1n) is 14.2. The van der Waals surface area contributed by atoms with Gasteiger partial charge in [0.2, 0.25) is 0 Å². The van der Waals surface area contributed by atoms with Crippen LogP contribution in [0.25, 0.3) is 11.1 Å². The second kappa shape index (κ2) is 12.3. The second-order valence-electron chi connectivity index (χ2n) is 11.5. The van der Waals surface area contributed by atoms with Crippen LogP contribution in [0, 0.1) is 5.82 Å². The first-order valence-corrected chi connectivity index (χ1v) is 14.2.